The van der Waals surface area contributed by atoms with Gasteiger partial charge in [0.1, 0.15) is 0 Å². The molecular weight excluding hydrogens is 426 g/mol. The van der Waals surface area contributed by atoms with E-state index < -0.39 is 17.9 Å². The molecule has 3 atom stereocenters. The average molecular weight is 452 g/mol. The molecule has 5 nitrogen and oxygen atoms in total. The Bertz CT molecular complexity index is 1110. The number of ether oxygens (including phenoxy) is 2. The number of carbonyl (C=O) groups excluding carboxylic acids is 2. The van der Waals surface area contributed by atoms with E-state index in [0.29, 0.717) is 27.8 Å². The maximum Gasteiger partial charge on any atom is 0.336 e. The van der Waals surface area contributed by atoms with E-state index in [2.05, 4.69) is 17.4 Å². The minimum atomic E-state index is -0.631. The van der Waals surface area contributed by atoms with Crippen molar-refractivity contribution in [1.29, 1.82) is 0 Å². The molecule has 1 aliphatic carbocycles. The van der Waals surface area contributed by atoms with Gasteiger partial charge in [-0.05, 0) is 49.4 Å². The number of benzene rings is 2. The van der Waals surface area contributed by atoms with Crippen molar-refractivity contribution in [3.05, 3.63) is 93.3 Å². The fraction of sp³-hybridized carbons (Fsp3) is 0.308. The number of methoxy groups -OCH3 is 1. The molecule has 1 aliphatic heterocycles. The molecule has 3 unspecified atom stereocenters. The van der Waals surface area contributed by atoms with Gasteiger partial charge < -0.3 is 14.8 Å². The first-order valence-electron chi connectivity index (χ1n) is 10.7. The van der Waals surface area contributed by atoms with E-state index >= 15 is 0 Å². The summed E-state index contributed by atoms with van der Waals surface area (Å²) in [4.78, 5) is 26.1. The van der Waals surface area contributed by atoms with Crippen molar-refractivity contribution < 1.29 is 19.1 Å². The fourth-order valence-corrected chi connectivity index (χ4v) is 4.76. The smallest absolute Gasteiger partial charge is 0.336 e. The van der Waals surface area contributed by atoms with Crippen molar-refractivity contribution >= 4 is 23.5 Å². The Morgan fingerprint density at radius 2 is 1.72 bits per heavy atom. The van der Waals surface area contributed by atoms with Crippen LogP contribution in [0.15, 0.2) is 77.1 Å². The van der Waals surface area contributed by atoms with Gasteiger partial charge in [0.25, 0.3) is 0 Å². The maximum absolute atomic E-state index is 13.3. The standard InChI is InChI=1S/C26H26ClNO4/c1-4-32-26(30)23-22(17-11-8-12-18(27)13-17)21(25(29)31-3)15(2)28-24(23)20-14-19(20)16-9-6-5-7-10-16/h5-13,19-20,22,28H,4,14H2,1-3H3. The molecule has 6 heteroatoms. The van der Waals surface area contributed by atoms with Crippen molar-refractivity contribution in [3.8, 4) is 0 Å². The van der Waals surface area contributed by atoms with E-state index in [1.165, 1.54) is 12.7 Å². The minimum Gasteiger partial charge on any atom is -0.466 e. The molecule has 1 saturated carbocycles. The van der Waals surface area contributed by atoms with Gasteiger partial charge in [0, 0.05) is 22.3 Å². The van der Waals surface area contributed by atoms with E-state index in [1.54, 1.807) is 19.1 Å². The van der Waals surface area contributed by atoms with Gasteiger partial charge in [-0.3, -0.25) is 0 Å². The van der Waals surface area contributed by atoms with E-state index in [-0.39, 0.29) is 12.5 Å². The summed E-state index contributed by atoms with van der Waals surface area (Å²) < 4.78 is 10.6. The topological polar surface area (TPSA) is 64.6 Å². The first-order valence-corrected chi connectivity index (χ1v) is 11.1. The second-order valence-electron chi connectivity index (χ2n) is 8.05. The second-order valence-corrected chi connectivity index (χ2v) is 8.49. The Kier molecular flexibility index (Phi) is 6.38. The average Bonchev–Trinajstić information content (AvgIpc) is 3.59. The molecule has 1 fully saturated rings. The van der Waals surface area contributed by atoms with Crippen molar-refractivity contribution in [3.63, 3.8) is 0 Å². The maximum atomic E-state index is 13.3. The van der Waals surface area contributed by atoms with Crippen molar-refractivity contribution in [2.24, 2.45) is 5.92 Å². The van der Waals surface area contributed by atoms with E-state index in [9.17, 15) is 9.59 Å². The third kappa shape index (κ3) is 4.17. The van der Waals surface area contributed by atoms with Crippen LogP contribution in [0.4, 0.5) is 0 Å². The molecule has 0 saturated heterocycles. The van der Waals surface area contributed by atoms with Crippen LogP contribution in [-0.2, 0) is 19.1 Å². The quantitative estimate of drug-likeness (QED) is 0.619. The molecule has 0 radical (unpaired) electrons. The van der Waals surface area contributed by atoms with E-state index in [0.717, 1.165) is 17.7 Å². The lowest BCUT2D eigenvalue weighted by Gasteiger charge is -2.32. The van der Waals surface area contributed by atoms with Crippen molar-refractivity contribution in [2.75, 3.05) is 13.7 Å². The van der Waals surface area contributed by atoms with Crippen LogP contribution in [0.2, 0.25) is 5.02 Å². The number of carbonyl (C=O) groups is 2. The second kappa shape index (κ2) is 9.21. The number of allylic oxidation sites excluding steroid dienone is 2. The molecule has 166 valence electrons. The normalized spacial score (nSPS) is 22.3. The van der Waals surface area contributed by atoms with Gasteiger partial charge in [-0.15, -0.1) is 0 Å². The van der Waals surface area contributed by atoms with E-state index in [1.807, 2.05) is 37.3 Å². The first-order chi connectivity index (χ1) is 15.5. The molecule has 32 heavy (non-hydrogen) atoms. The van der Waals surface area contributed by atoms with Crippen LogP contribution < -0.4 is 5.32 Å². The van der Waals surface area contributed by atoms with Crippen LogP contribution in [0.25, 0.3) is 0 Å². The summed E-state index contributed by atoms with van der Waals surface area (Å²) in [5.41, 5.74) is 4.30. The highest BCUT2D eigenvalue weighted by Gasteiger charge is 2.48. The van der Waals surface area contributed by atoms with Crippen LogP contribution in [0, 0.1) is 5.92 Å². The van der Waals surface area contributed by atoms with E-state index in [4.69, 9.17) is 21.1 Å². The summed E-state index contributed by atoms with van der Waals surface area (Å²) in [5.74, 6) is -1.12. The molecule has 1 heterocycles. The molecule has 1 N–H and O–H groups in total. The zero-order chi connectivity index (χ0) is 22.8. The molecule has 4 rings (SSSR count). The highest BCUT2D eigenvalue weighted by atomic mass is 35.5. The number of halogens is 1. The molecule has 0 bridgehead atoms. The number of hydrogen-bond donors (Lipinski definition) is 1. The Balaban J connectivity index is 1.86. The molecule has 0 aromatic heterocycles. The van der Waals surface area contributed by atoms with Crippen LogP contribution in [0.1, 0.15) is 43.2 Å². The molecule has 0 amide bonds. The van der Waals surface area contributed by atoms with Gasteiger partial charge in [-0.25, -0.2) is 9.59 Å². The molecule has 2 aliphatic rings. The third-order valence-electron chi connectivity index (χ3n) is 6.07. The fourth-order valence-electron chi connectivity index (χ4n) is 4.57. The number of dihydropyridines is 1. The van der Waals surface area contributed by atoms with Crippen molar-refractivity contribution in [1.82, 2.24) is 5.32 Å². The lowest BCUT2D eigenvalue weighted by atomic mass is 9.79. The number of hydrogen-bond acceptors (Lipinski definition) is 5. The largest absolute Gasteiger partial charge is 0.466 e. The summed E-state index contributed by atoms with van der Waals surface area (Å²) in [6.45, 7) is 3.85. The van der Waals surface area contributed by atoms with Gasteiger partial charge in [0.05, 0.1) is 30.8 Å². The Morgan fingerprint density at radius 1 is 1.00 bits per heavy atom. The van der Waals surface area contributed by atoms with Crippen LogP contribution in [0.3, 0.4) is 0 Å². The summed E-state index contributed by atoms with van der Waals surface area (Å²) in [5, 5.41) is 3.90. The van der Waals surface area contributed by atoms with Crippen LogP contribution in [-0.4, -0.2) is 25.7 Å². The molecular formula is C26H26ClNO4. The van der Waals surface area contributed by atoms with Crippen molar-refractivity contribution in [2.45, 2.75) is 32.1 Å². The first kappa shape index (κ1) is 22.2. The van der Waals surface area contributed by atoms with Gasteiger partial charge in [0.15, 0.2) is 0 Å². The van der Waals surface area contributed by atoms with Gasteiger partial charge in [-0.2, -0.15) is 0 Å². The predicted molar refractivity (Wildman–Crippen MR) is 123 cm³/mol. The van der Waals surface area contributed by atoms with Crippen LogP contribution >= 0.6 is 11.6 Å². The minimum absolute atomic E-state index is 0.132. The summed E-state index contributed by atoms with van der Waals surface area (Å²) >= 11 is 6.28. The number of rotatable bonds is 6. The lowest BCUT2D eigenvalue weighted by Crippen LogP contribution is -2.34. The van der Waals surface area contributed by atoms with Gasteiger partial charge in [-0.1, -0.05) is 54.1 Å². The summed E-state index contributed by atoms with van der Waals surface area (Å²) in [6, 6.07) is 17.5. The Hall–Kier alpha value is -3.05. The monoisotopic (exact) mass is 451 g/mol. The third-order valence-corrected chi connectivity index (χ3v) is 6.30. The van der Waals surface area contributed by atoms with Gasteiger partial charge in [0.2, 0.25) is 0 Å². The molecule has 2 aromatic carbocycles. The summed E-state index contributed by atoms with van der Waals surface area (Å²) in [6.07, 6.45) is 0.915. The number of esters is 2. The molecule has 2 aromatic rings. The SMILES string of the molecule is CCOC(=O)C1=C(C2CC2c2ccccc2)NC(C)=C(C(=O)OC)C1c1cccc(Cl)c1. The summed E-state index contributed by atoms with van der Waals surface area (Å²) in [7, 11) is 1.34. The molecule has 0 spiro atoms. The highest BCUT2D eigenvalue weighted by Crippen LogP contribution is 2.54. The van der Waals surface area contributed by atoms with Gasteiger partial charge >= 0.3 is 11.9 Å². The van der Waals surface area contributed by atoms with Crippen LogP contribution in [0.5, 0.6) is 0 Å². The highest BCUT2D eigenvalue weighted by molar-refractivity contribution is 6.30. The predicted octanol–water partition coefficient (Wildman–Crippen LogP) is 5.09. The zero-order valence-electron chi connectivity index (χ0n) is 18.4. The Morgan fingerprint density at radius 3 is 2.38 bits per heavy atom. The lowest BCUT2D eigenvalue weighted by molar-refractivity contribution is -0.139. The number of nitrogens with one attached hydrogen (secondary N) is 1. The zero-order valence-corrected chi connectivity index (χ0v) is 19.1. The Labute approximate surface area is 193 Å².